The summed E-state index contributed by atoms with van der Waals surface area (Å²) in [4.78, 5) is 14.5. The molecule has 2 N–H and O–H groups in total. The number of fused-ring (bicyclic) bond motifs is 7. The lowest BCUT2D eigenvalue weighted by atomic mass is 9.33. The number of halogens is 1. The molecule has 0 aromatic carbocycles. The summed E-state index contributed by atoms with van der Waals surface area (Å²) in [6.07, 6.45) is 22.2. The Hall–Kier alpha value is -1.51. The van der Waals surface area contributed by atoms with Crippen LogP contribution in [-0.2, 0) is 14.6 Å². The zero-order valence-corrected chi connectivity index (χ0v) is 34.1. The molecule has 0 radical (unpaired) electrons. The normalized spacial score (nSPS) is 45.1. The number of nitrogens with zero attached hydrogens (tertiary/aromatic N) is 1. The van der Waals surface area contributed by atoms with E-state index in [2.05, 4.69) is 69.6 Å². The van der Waals surface area contributed by atoms with Gasteiger partial charge in [-0.1, -0.05) is 52.8 Å². The second kappa shape index (κ2) is 13.3. The van der Waals surface area contributed by atoms with Crippen molar-refractivity contribution in [3.63, 3.8) is 0 Å². The number of rotatable bonds is 9. The average Bonchev–Trinajstić information content (AvgIpc) is 3.47. The number of carboxylic acid groups (broad SMARTS) is 1. The Morgan fingerprint density at radius 1 is 0.942 bits per heavy atom. The largest absolute Gasteiger partial charge is 0.481 e. The Morgan fingerprint density at radius 3 is 2.29 bits per heavy atom. The highest BCUT2D eigenvalue weighted by Crippen LogP contribution is 2.76. The van der Waals surface area contributed by atoms with Crippen molar-refractivity contribution in [1.82, 2.24) is 10.2 Å². The van der Waals surface area contributed by atoms with Crippen molar-refractivity contribution in [2.75, 3.05) is 39.1 Å². The Labute approximate surface area is 314 Å². The molecule has 4 saturated carbocycles. The molecule has 52 heavy (non-hydrogen) atoms. The number of sulfone groups is 1. The van der Waals surface area contributed by atoms with Gasteiger partial charge in [-0.05, 0) is 165 Å². The van der Waals surface area contributed by atoms with Crippen molar-refractivity contribution in [2.24, 2.45) is 56.7 Å². The van der Waals surface area contributed by atoms with Gasteiger partial charge in [-0.3, -0.25) is 4.79 Å². The van der Waals surface area contributed by atoms with Gasteiger partial charge in [0.1, 0.15) is 16.5 Å². The number of carboxylic acids is 1. The molecule has 0 amide bonds. The van der Waals surface area contributed by atoms with Crippen LogP contribution in [0.1, 0.15) is 125 Å². The molecule has 7 rings (SSSR count). The molecule has 5 fully saturated rings. The molecule has 10 atom stereocenters. The summed E-state index contributed by atoms with van der Waals surface area (Å²) in [5.41, 5.74) is 2.31. The van der Waals surface area contributed by atoms with Gasteiger partial charge in [0.2, 0.25) is 0 Å². The minimum atomic E-state index is -2.95. The Bertz CT molecular complexity index is 1600. The fraction of sp³-hybridized carbons (Fsp3) is 0.841. The number of alkyl halides is 1. The molecule has 6 nitrogen and oxygen atoms in total. The Balaban J connectivity index is 1.09. The fourth-order valence-corrected chi connectivity index (χ4v) is 16.0. The number of nitrogens with one attached hydrogen (secondary N) is 1. The number of piperidine rings is 1. The van der Waals surface area contributed by atoms with Gasteiger partial charge in [0.25, 0.3) is 0 Å². The smallest absolute Gasteiger partial charge is 0.312 e. The SMILES string of the molecule is C=C[C@@H]1CC[C@]2(NCCN3CCC(S(C)(=O)=O)CC3)CC[C@]3(C)[C@H](CC[C@@H]4[C@@]5(C)CC=C(C6=CC[C@](CF)(C(=O)O)CC6)C(C)(C)[C@@H]5CC[C@]43C)[C@@H]12. The Kier molecular flexibility index (Phi) is 9.92. The van der Waals surface area contributed by atoms with Crippen molar-refractivity contribution in [2.45, 2.75) is 135 Å². The number of aliphatic carboxylic acids is 1. The zero-order valence-electron chi connectivity index (χ0n) is 33.2. The molecule has 7 aliphatic rings. The van der Waals surface area contributed by atoms with E-state index < -0.39 is 27.9 Å². The van der Waals surface area contributed by atoms with Crippen LogP contribution in [0.15, 0.2) is 36.0 Å². The van der Waals surface area contributed by atoms with Crippen LogP contribution in [0.25, 0.3) is 0 Å². The third-order valence-electron chi connectivity index (χ3n) is 18.1. The van der Waals surface area contributed by atoms with Crippen LogP contribution in [0.2, 0.25) is 0 Å². The van der Waals surface area contributed by atoms with E-state index in [1.165, 1.54) is 68.8 Å². The fourth-order valence-electron chi connectivity index (χ4n) is 14.9. The molecule has 0 unspecified atom stereocenters. The van der Waals surface area contributed by atoms with Gasteiger partial charge in [-0.2, -0.15) is 0 Å². The molecular weight excluding hydrogens is 672 g/mol. The third-order valence-corrected chi connectivity index (χ3v) is 19.8. The number of likely N-dealkylation sites (tertiary alicyclic amines) is 1. The lowest BCUT2D eigenvalue weighted by molar-refractivity contribution is -0.220. The van der Waals surface area contributed by atoms with Crippen molar-refractivity contribution in [1.29, 1.82) is 0 Å². The van der Waals surface area contributed by atoms with Crippen molar-refractivity contribution in [3.05, 3.63) is 36.0 Å². The van der Waals surface area contributed by atoms with Crippen molar-refractivity contribution >= 4 is 15.8 Å². The van der Waals surface area contributed by atoms with Gasteiger partial charge < -0.3 is 15.3 Å². The Morgan fingerprint density at radius 2 is 1.67 bits per heavy atom. The quantitative estimate of drug-likeness (QED) is 0.230. The van der Waals surface area contributed by atoms with E-state index >= 15 is 0 Å². The highest BCUT2D eigenvalue weighted by Gasteiger charge is 2.70. The minimum absolute atomic E-state index is 0.0120. The van der Waals surface area contributed by atoms with Crippen LogP contribution in [0.3, 0.4) is 0 Å². The summed E-state index contributed by atoms with van der Waals surface area (Å²) in [5.74, 6) is 2.05. The standard InChI is InChI=1S/C44H69FN2O4S/c1-8-30-13-22-44(46-25-28-47-26-16-32(17-27-47)52(7,50)51)24-23-41(5)34(37(30)44)9-10-36-40(4)18-14-33(39(2,3)35(40)15-19-42(36,41)6)31-11-20-43(29-45,21-12-31)38(48)49/h8,11,14,30,32,34-37,46H,1,9-10,12-13,15-29H2,2-7H3,(H,48,49)/t30-,34-,35+,36-,37-,40+,41-,42-,43+,44+/m1/s1. The van der Waals surface area contributed by atoms with Gasteiger partial charge in [-0.25, -0.2) is 12.8 Å². The van der Waals surface area contributed by atoms with Gasteiger partial charge in [0.15, 0.2) is 0 Å². The second-order valence-corrected chi connectivity index (χ2v) is 22.6. The van der Waals surface area contributed by atoms with Crippen LogP contribution in [0.4, 0.5) is 4.39 Å². The first-order valence-corrected chi connectivity index (χ1v) is 22.8. The topological polar surface area (TPSA) is 86.7 Å². The van der Waals surface area contributed by atoms with Crippen LogP contribution >= 0.6 is 0 Å². The summed E-state index contributed by atoms with van der Waals surface area (Å²) < 4.78 is 38.2. The van der Waals surface area contributed by atoms with Crippen LogP contribution < -0.4 is 5.32 Å². The molecule has 0 spiro atoms. The molecular formula is C44H69FN2O4S. The summed E-state index contributed by atoms with van der Waals surface area (Å²) in [7, 11) is -2.95. The second-order valence-electron chi connectivity index (χ2n) is 20.3. The first kappa shape index (κ1) is 38.8. The maximum absolute atomic E-state index is 14.0. The third kappa shape index (κ3) is 5.79. The predicted molar refractivity (Wildman–Crippen MR) is 208 cm³/mol. The number of hydrogen-bond donors (Lipinski definition) is 2. The van der Waals surface area contributed by atoms with Gasteiger partial charge >= 0.3 is 5.97 Å². The molecule has 1 aliphatic heterocycles. The van der Waals surface area contributed by atoms with E-state index in [-0.39, 0.29) is 38.9 Å². The molecule has 0 aromatic heterocycles. The maximum atomic E-state index is 14.0. The lowest BCUT2D eigenvalue weighted by Crippen LogP contribution is -2.68. The molecule has 6 aliphatic carbocycles. The first-order chi connectivity index (χ1) is 24.4. The molecule has 8 heteroatoms. The molecule has 0 bridgehead atoms. The molecule has 1 heterocycles. The number of allylic oxidation sites excluding steroid dienone is 5. The zero-order chi connectivity index (χ0) is 37.5. The van der Waals surface area contributed by atoms with E-state index in [4.69, 9.17) is 0 Å². The minimum Gasteiger partial charge on any atom is -0.481 e. The predicted octanol–water partition coefficient (Wildman–Crippen LogP) is 8.79. The summed E-state index contributed by atoms with van der Waals surface area (Å²) in [6, 6.07) is 0. The highest BCUT2D eigenvalue weighted by molar-refractivity contribution is 7.91. The first-order valence-electron chi connectivity index (χ1n) is 20.9. The van der Waals surface area contributed by atoms with Crippen LogP contribution in [0.5, 0.6) is 0 Å². The van der Waals surface area contributed by atoms with Gasteiger partial charge in [0.05, 0.1) is 10.7 Å². The molecule has 292 valence electrons. The van der Waals surface area contributed by atoms with Crippen molar-refractivity contribution < 1.29 is 22.7 Å². The van der Waals surface area contributed by atoms with E-state index in [0.717, 1.165) is 45.4 Å². The maximum Gasteiger partial charge on any atom is 0.312 e. The molecule has 0 aromatic rings. The van der Waals surface area contributed by atoms with E-state index in [9.17, 15) is 22.7 Å². The van der Waals surface area contributed by atoms with Crippen LogP contribution in [-0.4, -0.2) is 74.3 Å². The summed E-state index contributed by atoms with van der Waals surface area (Å²) in [5, 5.41) is 13.9. The number of carbonyl (C=O) groups is 1. The van der Waals surface area contributed by atoms with Crippen LogP contribution in [0, 0.1) is 56.7 Å². The molecule has 1 saturated heterocycles. The average molecular weight is 741 g/mol. The van der Waals surface area contributed by atoms with E-state index in [1.807, 2.05) is 0 Å². The van der Waals surface area contributed by atoms with Gasteiger partial charge in [-0.15, -0.1) is 6.58 Å². The van der Waals surface area contributed by atoms with Crippen molar-refractivity contribution in [3.8, 4) is 0 Å². The summed E-state index contributed by atoms with van der Waals surface area (Å²) >= 11 is 0. The van der Waals surface area contributed by atoms with Gasteiger partial charge in [0, 0.05) is 24.9 Å². The number of hydrogen-bond acceptors (Lipinski definition) is 5. The van der Waals surface area contributed by atoms with E-state index in [0.29, 0.717) is 42.4 Å². The van der Waals surface area contributed by atoms with E-state index in [1.54, 1.807) is 0 Å². The highest BCUT2D eigenvalue weighted by atomic mass is 32.2. The summed E-state index contributed by atoms with van der Waals surface area (Å²) in [6.45, 7) is 20.2. The monoisotopic (exact) mass is 740 g/mol. The lowest BCUT2D eigenvalue weighted by Gasteiger charge is -2.72.